The van der Waals surface area contributed by atoms with Crippen molar-refractivity contribution in [1.29, 1.82) is 0 Å². The van der Waals surface area contributed by atoms with Crippen molar-refractivity contribution in [1.82, 2.24) is 10.6 Å². The maximum Gasteiger partial charge on any atom is 0.226 e. The third-order valence-electron chi connectivity index (χ3n) is 3.39. The highest BCUT2D eigenvalue weighted by molar-refractivity contribution is 5.81. The number of carbonyl (C=O) groups is 1. The van der Waals surface area contributed by atoms with E-state index in [2.05, 4.69) is 10.6 Å². The Morgan fingerprint density at radius 3 is 2.44 bits per heavy atom. The Labute approximate surface area is 99.4 Å². The molecule has 0 bridgehead atoms. The van der Waals surface area contributed by atoms with Gasteiger partial charge < -0.3 is 10.6 Å². The lowest BCUT2D eigenvalue weighted by Gasteiger charge is -2.29. The Morgan fingerprint density at radius 1 is 1.25 bits per heavy atom. The van der Waals surface area contributed by atoms with Gasteiger partial charge in [0.05, 0.1) is 5.41 Å². The summed E-state index contributed by atoms with van der Waals surface area (Å²) in [6.45, 7) is 7.47. The van der Waals surface area contributed by atoms with E-state index in [4.69, 9.17) is 0 Å². The van der Waals surface area contributed by atoms with Crippen molar-refractivity contribution in [2.45, 2.75) is 58.9 Å². The van der Waals surface area contributed by atoms with Gasteiger partial charge in [0.25, 0.3) is 0 Å². The van der Waals surface area contributed by atoms with E-state index in [1.165, 1.54) is 32.1 Å². The van der Waals surface area contributed by atoms with Gasteiger partial charge in [0, 0.05) is 19.1 Å². The molecule has 94 valence electrons. The second-order valence-corrected chi connectivity index (χ2v) is 5.46. The molecule has 3 heteroatoms. The average Bonchev–Trinajstić information content (AvgIpc) is 2.28. The van der Waals surface area contributed by atoms with Gasteiger partial charge in [-0.2, -0.15) is 0 Å². The molecule has 0 atom stereocenters. The van der Waals surface area contributed by atoms with Crippen molar-refractivity contribution < 1.29 is 4.79 Å². The first kappa shape index (κ1) is 13.5. The molecule has 2 N–H and O–H groups in total. The molecule has 0 aliphatic heterocycles. The number of rotatable bonds is 5. The van der Waals surface area contributed by atoms with Crippen LogP contribution < -0.4 is 10.6 Å². The van der Waals surface area contributed by atoms with Crippen molar-refractivity contribution in [2.75, 3.05) is 13.1 Å². The molecule has 0 unspecified atom stereocenters. The van der Waals surface area contributed by atoms with E-state index in [1.54, 1.807) is 0 Å². The molecule has 1 aliphatic carbocycles. The van der Waals surface area contributed by atoms with E-state index in [0.29, 0.717) is 12.6 Å². The fourth-order valence-electron chi connectivity index (χ4n) is 2.19. The summed E-state index contributed by atoms with van der Waals surface area (Å²) < 4.78 is 0. The molecular formula is C13H26N2O. The molecule has 1 fully saturated rings. The summed E-state index contributed by atoms with van der Waals surface area (Å²) in [5.41, 5.74) is -0.298. The lowest BCUT2D eigenvalue weighted by molar-refractivity contribution is -0.129. The van der Waals surface area contributed by atoms with E-state index in [1.807, 2.05) is 20.8 Å². The highest BCUT2D eigenvalue weighted by Crippen LogP contribution is 2.20. The zero-order valence-electron chi connectivity index (χ0n) is 10.9. The fourth-order valence-corrected chi connectivity index (χ4v) is 2.19. The minimum absolute atomic E-state index is 0.151. The van der Waals surface area contributed by atoms with Crippen molar-refractivity contribution in [3.8, 4) is 0 Å². The number of hydrogen-bond donors (Lipinski definition) is 2. The lowest BCUT2D eigenvalue weighted by Crippen LogP contribution is -2.46. The van der Waals surface area contributed by atoms with Crippen LogP contribution in [0.1, 0.15) is 52.9 Å². The predicted octanol–water partition coefficient (Wildman–Crippen LogP) is 2.07. The third kappa shape index (κ3) is 4.12. The summed E-state index contributed by atoms with van der Waals surface area (Å²) in [5.74, 6) is 0.151. The van der Waals surface area contributed by atoms with Crippen LogP contribution in [0.4, 0.5) is 0 Å². The van der Waals surface area contributed by atoms with Crippen LogP contribution in [0.25, 0.3) is 0 Å². The molecule has 1 rings (SSSR count). The van der Waals surface area contributed by atoms with E-state index >= 15 is 0 Å². The Balaban J connectivity index is 2.31. The van der Waals surface area contributed by atoms with Gasteiger partial charge in [-0.25, -0.2) is 0 Å². The van der Waals surface area contributed by atoms with Crippen LogP contribution in [-0.2, 0) is 4.79 Å². The SMILES string of the molecule is CCNC(=O)C(C)(C)CNC1CCCCC1. The quantitative estimate of drug-likeness (QED) is 0.753. The Hall–Kier alpha value is -0.570. The molecule has 0 aromatic rings. The van der Waals surface area contributed by atoms with Crippen molar-refractivity contribution in [3.63, 3.8) is 0 Å². The fraction of sp³-hybridized carbons (Fsp3) is 0.923. The molecule has 16 heavy (non-hydrogen) atoms. The molecule has 1 amide bonds. The summed E-state index contributed by atoms with van der Waals surface area (Å²) in [6, 6.07) is 0.627. The van der Waals surface area contributed by atoms with Gasteiger partial charge in [0.2, 0.25) is 5.91 Å². The zero-order chi connectivity index (χ0) is 12.0. The van der Waals surface area contributed by atoms with E-state index in [0.717, 1.165) is 6.54 Å². The Morgan fingerprint density at radius 2 is 1.88 bits per heavy atom. The van der Waals surface area contributed by atoms with Gasteiger partial charge in [-0.3, -0.25) is 4.79 Å². The Kier molecular flexibility index (Phi) is 5.26. The molecule has 0 heterocycles. The maximum atomic E-state index is 11.8. The van der Waals surface area contributed by atoms with Crippen LogP contribution in [0.2, 0.25) is 0 Å². The largest absolute Gasteiger partial charge is 0.356 e. The molecule has 3 nitrogen and oxygen atoms in total. The summed E-state index contributed by atoms with van der Waals surface area (Å²) >= 11 is 0. The molecule has 0 aromatic heterocycles. The van der Waals surface area contributed by atoms with Crippen LogP contribution in [0.3, 0.4) is 0 Å². The molecule has 0 spiro atoms. The van der Waals surface area contributed by atoms with Gasteiger partial charge in [-0.1, -0.05) is 19.3 Å². The van der Waals surface area contributed by atoms with Crippen molar-refractivity contribution in [2.24, 2.45) is 5.41 Å². The van der Waals surface area contributed by atoms with Crippen molar-refractivity contribution >= 4 is 5.91 Å². The second-order valence-electron chi connectivity index (χ2n) is 5.46. The van der Waals surface area contributed by atoms with Crippen LogP contribution >= 0.6 is 0 Å². The predicted molar refractivity (Wildman–Crippen MR) is 67.3 cm³/mol. The minimum atomic E-state index is -0.298. The Bertz CT molecular complexity index is 220. The van der Waals surface area contributed by atoms with E-state index in [9.17, 15) is 4.79 Å². The molecule has 1 saturated carbocycles. The van der Waals surface area contributed by atoms with Crippen LogP contribution in [0.5, 0.6) is 0 Å². The minimum Gasteiger partial charge on any atom is -0.356 e. The first-order valence-electron chi connectivity index (χ1n) is 6.58. The lowest BCUT2D eigenvalue weighted by atomic mass is 9.90. The molecule has 1 aliphatic rings. The third-order valence-corrected chi connectivity index (χ3v) is 3.39. The van der Waals surface area contributed by atoms with Crippen molar-refractivity contribution in [3.05, 3.63) is 0 Å². The molecule has 0 saturated heterocycles. The maximum absolute atomic E-state index is 11.8. The average molecular weight is 226 g/mol. The first-order chi connectivity index (χ1) is 7.56. The molecule has 0 radical (unpaired) electrons. The number of carbonyl (C=O) groups excluding carboxylic acids is 1. The smallest absolute Gasteiger partial charge is 0.226 e. The summed E-state index contributed by atoms with van der Waals surface area (Å²) in [4.78, 5) is 11.8. The summed E-state index contributed by atoms with van der Waals surface area (Å²) in [6.07, 6.45) is 6.58. The number of amides is 1. The van der Waals surface area contributed by atoms with Crippen LogP contribution in [-0.4, -0.2) is 25.0 Å². The van der Waals surface area contributed by atoms with Gasteiger partial charge in [0.1, 0.15) is 0 Å². The van der Waals surface area contributed by atoms with E-state index < -0.39 is 0 Å². The first-order valence-corrected chi connectivity index (χ1v) is 6.58. The number of hydrogen-bond acceptors (Lipinski definition) is 2. The normalized spacial score (nSPS) is 18.4. The molecule has 0 aromatic carbocycles. The standard InChI is InChI=1S/C13H26N2O/c1-4-14-12(16)13(2,3)10-15-11-8-6-5-7-9-11/h11,15H,4-10H2,1-3H3,(H,14,16). The number of nitrogens with one attached hydrogen (secondary N) is 2. The summed E-state index contributed by atoms with van der Waals surface area (Å²) in [7, 11) is 0. The van der Waals surface area contributed by atoms with Crippen LogP contribution in [0, 0.1) is 5.41 Å². The van der Waals surface area contributed by atoms with Gasteiger partial charge in [0.15, 0.2) is 0 Å². The monoisotopic (exact) mass is 226 g/mol. The zero-order valence-corrected chi connectivity index (χ0v) is 10.9. The highest BCUT2D eigenvalue weighted by Gasteiger charge is 2.27. The van der Waals surface area contributed by atoms with Gasteiger partial charge in [-0.05, 0) is 33.6 Å². The van der Waals surface area contributed by atoms with E-state index in [-0.39, 0.29) is 11.3 Å². The van der Waals surface area contributed by atoms with Gasteiger partial charge in [-0.15, -0.1) is 0 Å². The van der Waals surface area contributed by atoms with Gasteiger partial charge >= 0.3 is 0 Å². The topological polar surface area (TPSA) is 41.1 Å². The van der Waals surface area contributed by atoms with Crippen LogP contribution in [0.15, 0.2) is 0 Å². The summed E-state index contributed by atoms with van der Waals surface area (Å²) in [5, 5.41) is 6.43. The second kappa shape index (κ2) is 6.24. The molecular weight excluding hydrogens is 200 g/mol. The highest BCUT2D eigenvalue weighted by atomic mass is 16.2.